The van der Waals surface area contributed by atoms with Crippen molar-refractivity contribution in [2.24, 2.45) is 16.5 Å². The van der Waals surface area contributed by atoms with Crippen molar-refractivity contribution in [2.75, 3.05) is 6.73 Å². The van der Waals surface area contributed by atoms with E-state index >= 15 is 0 Å². The van der Waals surface area contributed by atoms with Crippen LogP contribution in [0.2, 0.25) is 0 Å². The molecule has 12 heavy (non-hydrogen) atoms. The van der Waals surface area contributed by atoms with Crippen molar-refractivity contribution in [3.05, 3.63) is 0 Å². The molecule has 0 aromatic carbocycles. The molecule has 0 aliphatic rings. The van der Waals surface area contributed by atoms with E-state index < -0.39 is 11.6 Å². The van der Waals surface area contributed by atoms with Gasteiger partial charge in [-0.25, -0.2) is 9.79 Å². The fourth-order valence-electron chi connectivity index (χ4n) is 0.330. The lowest BCUT2D eigenvalue weighted by Gasteiger charge is -2.18. The average molecular weight is 175 g/mol. The molecule has 0 saturated heterocycles. The molecule has 0 aliphatic heterocycles. The minimum Gasteiger partial charge on any atom is -0.479 e. The Kier molecular flexibility index (Phi) is 3.49. The molecule has 0 atom stereocenters. The van der Waals surface area contributed by atoms with E-state index in [4.69, 9.17) is 21.3 Å². The van der Waals surface area contributed by atoms with E-state index in [-0.39, 0.29) is 12.7 Å². The van der Waals surface area contributed by atoms with Gasteiger partial charge in [0.15, 0.2) is 11.6 Å². The molecular weight excluding hydrogens is 162 g/mol. The summed E-state index contributed by atoms with van der Waals surface area (Å²) >= 11 is 0. The molecule has 0 radical (unpaired) electrons. The van der Waals surface area contributed by atoms with Gasteiger partial charge in [-0.15, -0.1) is 0 Å². The summed E-state index contributed by atoms with van der Waals surface area (Å²) in [5.41, 5.74) is 8.73. The molecule has 0 amide bonds. The van der Waals surface area contributed by atoms with Gasteiger partial charge in [0.25, 0.3) is 0 Å². The topological polar surface area (TPSA) is 111 Å². The highest BCUT2D eigenvalue weighted by atomic mass is 16.5. The Balaban J connectivity index is 3.93. The van der Waals surface area contributed by atoms with Crippen LogP contribution in [0.3, 0.4) is 0 Å². The molecular formula is C6H13N3O3. The van der Waals surface area contributed by atoms with Gasteiger partial charge in [0.1, 0.15) is 6.73 Å². The molecule has 0 spiro atoms. The molecule has 6 nitrogen and oxygen atoms in total. The van der Waals surface area contributed by atoms with E-state index in [0.29, 0.717) is 0 Å². The first-order valence-electron chi connectivity index (χ1n) is 3.29. The number of aliphatic imine (C=N–C) groups is 1. The Morgan fingerprint density at radius 1 is 1.58 bits per heavy atom. The lowest BCUT2D eigenvalue weighted by molar-refractivity contribution is -0.160. The van der Waals surface area contributed by atoms with Crippen LogP contribution in [0, 0.1) is 0 Å². The number of hydrogen-bond acceptors (Lipinski definition) is 3. The monoisotopic (exact) mass is 175 g/mol. The molecule has 0 aliphatic carbocycles. The summed E-state index contributed by atoms with van der Waals surface area (Å²) in [4.78, 5) is 13.9. The van der Waals surface area contributed by atoms with Gasteiger partial charge in [-0.1, -0.05) is 0 Å². The van der Waals surface area contributed by atoms with Crippen LogP contribution in [0.15, 0.2) is 4.99 Å². The number of carboxylic acid groups (broad SMARTS) is 1. The highest BCUT2D eigenvalue weighted by Gasteiger charge is 2.27. The Morgan fingerprint density at radius 2 is 2.08 bits per heavy atom. The molecule has 0 aromatic heterocycles. The maximum absolute atomic E-state index is 10.5. The second kappa shape index (κ2) is 3.91. The van der Waals surface area contributed by atoms with Crippen molar-refractivity contribution in [1.82, 2.24) is 0 Å². The number of hydrogen-bond donors (Lipinski definition) is 3. The van der Waals surface area contributed by atoms with Gasteiger partial charge in [-0.3, -0.25) is 0 Å². The van der Waals surface area contributed by atoms with E-state index in [1.807, 2.05) is 0 Å². The van der Waals surface area contributed by atoms with E-state index in [2.05, 4.69) is 4.99 Å². The largest absolute Gasteiger partial charge is 0.479 e. The third-order valence-corrected chi connectivity index (χ3v) is 1.19. The van der Waals surface area contributed by atoms with Crippen LogP contribution in [0.4, 0.5) is 0 Å². The maximum Gasteiger partial charge on any atom is 0.335 e. The first-order valence-corrected chi connectivity index (χ1v) is 3.29. The van der Waals surface area contributed by atoms with Crippen LogP contribution in [0.25, 0.3) is 0 Å². The van der Waals surface area contributed by atoms with Crippen molar-refractivity contribution < 1.29 is 14.6 Å². The second-order valence-corrected chi connectivity index (χ2v) is 2.67. The number of nitrogens with two attached hydrogens (primary N) is 2. The summed E-state index contributed by atoms with van der Waals surface area (Å²) in [5, 5.41) is 8.57. The summed E-state index contributed by atoms with van der Waals surface area (Å²) in [6.07, 6.45) is 0. The van der Waals surface area contributed by atoms with E-state index in [9.17, 15) is 4.79 Å². The van der Waals surface area contributed by atoms with E-state index in [1.165, 1.54) is 13.8 Å². The first kappa shape index (κ1) is 10.7. The van der Waals surface area contributed by atoms with E-state index in [1.54, 1.807) is 0 Å². The molecule has 0 unspecified atom stereocenters. The smallest absolute Gasteiger partial charge is 0.335 e. The third kappa shape index (κ3) is 3.77. The summed E-state index contributed by atoms with van der Waals surface area (Å²) in [6.45, 7) is 2.68. The second-order valence-electron chi connectivity index (χ2n) is 2.67. The molecule has 0 heterocycles. The van der Waals surface area contributed by atoms with Gasteiger partial charge in [0.2, 0.25) is 0 Å². The SMILES string of the molecule is CC(C)(OCN=C(N)N)C(=O)O. The Bertz CT molecular complexity index is 196. The van der Waals surface area contributed by atoms with Gasteiger partial charge in [-0.2, -0.15) is 0 Å². The zero-order valence-electron chi connectivity index (χ0n) is 7.07. The molecule has 6 heteroatoms. The van der Waals surface area contributed by atoms with Crippen molar-refractivity contribution in [1.29, 1.82) is 0 Å². The number of carbonyl (C=O) groups is 1. The first-order chi connectivity index (χ1) is 5.36. The number of nitrogens with zero attached hydrogens (tertiary/aromatic N) is 1. The minimum atomic E-state index is -1.26. The fourth-order valence-corrected chi connectivity index (χ4v) is 0.330. The van der Waals surface area contributed by atoms with Crippen molar-refractivity contribution in [3.63, 3.8) is 0 Å². The van der Waals surface area contributed by atoms with E-state index in [0.717, 1.165) is 0 Å². The van der Waals surface area contributed by atoms with Crippen molar-refractivity contribution in [2.45, 2.75) is 19.4 Å². The van der Waals surface area contributed by atoms with Crippen LogP contribution in [-0.4, -0.2) is 29.4 Å². The number of aliphatic carboxylic acids is 1. The molecule has 5 N–H and O–H groups in total. The molecule has 0 bridgehead atoms. The number of guanidine groups is 1. The quantitative estimate of drug-likeness (QED) is 0.378. The Hall–Kier alpha value is -1.30. The molecule has 0 fully saturated rings. The standard InChI is InChI=1S/C6H13N3O3/c1-6(2,4(10)11)12-3-9-5(7)8/h3H2,1-2H3,(H,10,11)(H4,7,8,9). The summed E-state index contributed by atoms with van der Waals surface area (Å²) in [5.74, 6) is -1.19. The minimum absolute atomic E-state index is 0.129. The highest BCUT2D eigenvalue weighted by molar-refractivity contribution is 5.76. The lowest BCUT2D eigenvalue weighted by Crippen LogP contribution is -2.35. The molecule has 0 aromatic rings. The van der Waals surface area contributed by atoms with Gasteiger partial charge < -0.3 is 21.3 Å². The zero-order valence-corrected chi connectivity index (χ0v) is 7.07. The predicted molar refractivity (Wildman–Crippen MR) is 43.5 cm³/mol. The Morgan fingerprint density at radius 3 is 2.42 bits per heavy atom. The lowest BCUT2D eigenvalue weighted by atomic mass is 10.1. The summed E-state index contributed by atoms with van der Waals surface area (Å²) in [7, 11) is 0. The van der Waals surface area contributed by atoms with Crippen LogP contribution in [0.1, 0.15) is 13.8 Å². The fraction of sp³-hybridized carbons (Fsp3) is 0.667. The van der Waals surface area contributed by atoms with Crippen LogP contribution in [0.5, 0.6) is 0 Å². The van der Waals surface area contributed by atoms with Crippen LogP contribution < -0.4 is 11.5 Å². The van der Waals surface area contributed by atoms with Crippen LogP contribution in [-0.2, 0) is 9.53 Å². The normalized spacial score (nSPS) is 10.8. The maximum atomic E-state index is 10.5. The number of rotatable bonds is 4. The van der Waals surface area contributed by atoms with Gasteiger partial charge in [0, 0.05) is 0 Å². The summed E-state index contributed by atoms with van der Waals surface area (Å²) < 4.78 is 4.85. The molecule has 0 rings (SSSR count). The molecule has 0 saturated carbocycles. The number of carboxylic acids is 1. The molecule has 70 valence electrons. The van der Waals surface area contributed by atoms with Gasteiger partial charge >= 0.3 is 5.97 Å². The highest BCUT2D eigenvalue weighted by Crippen LogP contribution is 2.08. The van der Waals surface area contributed by atoms with Gasteiger partial charge in [0.05, 0.1) is 0 Å². The van der Waals surface area contributed by atoms with Crippen molar-refractivity contribution in [3.8, 4) is 0 Å². The Labute approximate surface area is 70.2 Å². The average Bonchev–Trinajstić information content (AvgIpc) is 1.85. The predicted octanol–water partition coefficient (Wildman–Crippen LogP) is -0.903. The van der Waals surface area contributed by atoms with Crippen molar-refractivity contribution >= 4 is 11.9 Å². The van der Waals surface area contributed by atoms with Crippen LogP contribution >= 0.6 is 0 Å². The number of ether oxygens (including phenoxy) is 1. The summed E-state index contributed by atoms with van der Waals surface area (Å²) in [6, 6.07) is 0. The van der Waals surface area contributed by atoms with Gasteiger partial charge in [-0.05, 0) is 13.8 Å². The third-order valence-electron chi connectivity index (χ3n) is 1.19. The zero-order chi connectivity index (χ0) is 9.78.